The van der Waals surface area contributed by atoms with Gasteiger partial charge in [-0.05, 0) is 83.4 Å². The zero-order valence-corrected chi connectivity index (χ0v) is 27.4. The SMILES string of the molecule is Cc1ccc2c(-c3ccc(-c4cccc5ccccc45)cc3)c3cc([Si](C)(C)C)ccc3c(-c3cccc4ccccc34)c2c1. The summed E-state index contributed by atoms with van der Waals surface area (Å²) in [5, 5.41) is 11.9. The van der Waals surface area contributed by atoms with Crippen LogP contribution in [-0.4, -0.2) is 8.07 Å². The van der Waals surface area contributed by atoms with Crippen molar-refractivity contribution in [1.29, 1.82) is 0 Å². The summed E-state index contributed by atoms with van der Waals surface area (Å²) in [6, 6.07) is 54.5. The van der Waals surface area contributed by atoms with Crippen LogP contribution in [0, 0.1) is 6.92 Å². The van der Waals surface area contributed by atoms with E-state index < -0.39 is 8.07 Å². The Morgan fingerprint density at radius 3 is 1.60 bits per heavy atom. The Labute approximate surface area is 266 Å². The first-order valence-electron chi connectivity index (χ1n) is 15.9. The molecule has 0 radical (unpaired) electrons. The third kappa shape index (κ3) is 4.67. The van der Waals surface area contributed by atoms with Gasteiger partial charge in [0.2, 0.25) is 0 Å². The number of hydrogen-bond donors (Lipinski definition) is 0. The molecular weight excluding hydrogens is 557 g/mol. The van der Waals surface area contributed by atoms with E-state index >= 15 is 0 Å². The summed E-state index contributed by atoms with van der Waals surface area (Å²) in [6.07, 6.45) is 0. The predicted molar refractivity (Wildman–Crippen MR) is 200 cm³/mol. The first kappa shape index (κ1) is 27.6. The summed E-state index contributed by atoms with van der Waals surface area (Å²) in [4.78, 5) is 0. The Morgan fingerprint density at radius 1 is 0.378 bits per heavy atom. The highest BCUT2D eigenvalue weighted by atomic mass is 28.3. The third-order valence-electron chi connectivity index (χ3n) is 9.47. The lowest BCUT2D eigenvalue weighted by Crippen LogP contribution is -2.37. The predicted octanol–water partition coefficient (Wildman–Crippen LogP) is 12.2. The van der Waals surface area contributed by atoms with Crippen LogP contribution in [0.1, 0.15) is 5.56 Å². The molecular formula is C44H36Si. The fraction of sp³-hybridized carbons (Fsp3) is 0.0909. The van der Waals surface area contributed by atoms with Gasteiger partial charge in [0.15, 0.2) is 0 Å². The Morgan fingerprint density at radius 2 is 0.911 bits per heavy atom. The van der Waals surface area contributed by atoms with Gasteiger partial charge in [-0.1, -0.05) is 176 Å². The van der Waals surface area contributed by atoms with E-state index in [1.807, 2.05) is 0 Å². The molecule has 8 aromatic rings. The second-order valence-electron chi connectivity index (χ2n) is 13.4. The minimum Gasteiger partial charge on any atom is -0.0656 e. The average molecular weight is 593 g/mol. The standard InChI is InChI=1S/C44H36Si/c1-29-19-25-39-41(27-29)44(38-18-10-14-31-12-6-8-16-37(31)38)40-26-24-34(45(2,3)4)28-42(40)43(39)33-22-20-32(21-23-33)36-17-9-13-30-11-5-7-15-35(30)36/h5-28H,1-4H3. The Balaban J connectivity index is 1.45. The van der Waals surface area contributed by atoms with Crippen molar-refractivity contribution in [2.24, 2.45) is 0 Å². The Hall–Kier alpha value is -4.98. The second-order valence-corrected chi connectivity index (χ2v) is 18.5. The number of aryl methyl sites for hydroxylation is 1. The van der Waals surface area contributed by atoms with E-state index in [-0.39, 0.29) is 0 Å². The monoisotopic (exact) mass is 592 g/mol. The summed E-state index contributed by atoms with van der Waals surface area (Å²) in [5.74, 6) is 0. The van der Waals surface area contributed by atoms with Crippen LogP contribution >= 0.6 is 0 Å². The molecule has 0 nitrogen and oxygen atoms in total. The Bertz CT molecular complexity index is 2400. The molecule has 0 aliphatic heterocycles. The van der Waals surface area contributed by atoms with Gasteiger partial charge in [0.05, 0.1) is 8.07 Å². The lowest BCUT2D eigenvalue weighted by molar-refractivity contribution is 1.51. The van der Waals surface area contributed by atoms with Crippen molar-refractivity contribution < 1.29 is 0 Å². The highest BCUT2D eigenvalue weighted by Crippen LogP contribution is 2.46. The third-order valence-corrected chi connectivity index (χ3v) is 11.5. The zero-order valence-electron chi connectivity index (χ0n) is 26.4. The highest BCUT2D eigenvalue weighted by molar-refractivity contribution is 6.88. The number of benzene rings is 8. The maximum atomic E-state index is 2.52. The van der Waals surface area contributed by atoms with Crippen LogP contribution in [-0.2, 0) is 0 Å². The fourth-order valence-electron chi connectivity index (χ4n) is 7.15. The van der Waals surface area contributed by atoms with Gasteiger partial charge in [-0.3, -0.25) is 0 Å². The molecule has 0 aromatic heterocycles. The molecule has 1 heteroatoms. The van der Waals surface area contributed by atoms with Gasteiger partial charge < -0.3 is 0 Å². The topological polar surface area (TPSA) is 0 Å². The summed E-state index contributed by atoms with van der Waals surface area (Å²) in [7, 11) is -1.57. The molecule has 0 aliphatic rings. The van der Waals surface area contributed by atoms with Crippen LogP contribution in [0.2, 0.25) is 19.6 Å². The van der Waals surface area contributed by atoms with E-state index in [2.05, 4.69) is 172 Å². The number of fused-ring (bicyclic) bond motifs is 4. The van der Waals surface area contributed by atoms with Crippen molar-refractivity contribution in [3.8, 4) is 33.4 Å². The van der Waals surface area contributed by atoms with Crippen molar-refractivity contribution in [1.82, 2.24) is 0 Å². The smallest absolute Gasteiger partial charge is 0.0656 e. The second kappa shape index (κ2) is 10.6. The first-order chi connectivity index (χ1) is 21.9. The van der Waals surface area contributed by atoms with Crippen LogP contribution in [0.4, 0.5) is 0 Å². The van der Waals surface area contributed by atoms with Crippen molar-refractivity contribution >= 4 is 56.4 Å². The normalized spacial score (nSPS) is 12.0. The van der Waals surface area contributed by atoms with Crippen molar-refractivity contribution in [3.63, 3.8) is 0 Å². The van der Waals surface area contributed by atoms with Gasteiger partial charge in [0.25, 0.3) is 0 Å². The maximum Gasteiger partial charge on any atom is 0.0776 e. The molecule has 45 heavy (non-hydrogen) atoms. The molecule has 0 atom stereocenters. The quantitative estimate of drug-likeness (QED) is 0.141. The maximum absolute atomic E-state index is 2.52. The van der Waals surface area contributed by atoms with Crippen LogP contribution in [0.5, 0.6) is 0 Å². The molecule has 0 amide bonds. The van der Waals surface area contributed by atoms with E-state index in [1.165, 1.54) is 87.2 Å². The average Bonchev–Trinajstić information content (AvgIpc) is 3.06. The highest BCUT2D eigenvalue weighted by Gasteiger charge is 2.22. The van der Waals surface area contributed by atoms with Gasteiger partial charge in [0, 0.05) is 0 Å². The van der Waals surface area contributed by atoms with Gasteiger partial charge in [0.1, 0.15) is 0 Å². The summed E-state index contributed by atoms with van der Waals surface area (Å²) >= 11 is 0. The molecule has 0 saturated heterocycles. The minimum atomic E-state index is -1.57. The van der Waals surface area contributed by atoms with E-state index in [0.717, 1.165) is 0 Å². The number of hydrogen-bond acceptors (Lipinski definition) is 0. The number of rotatable bonds is 4. The van der Waals surface area contributed by atoms with E-state index in [1.54, 1.807) is 0 Å². The molecule has 0 unspecified atom stereocenters. The van der Waals surface area contributed by atoms with Crippen molar-refractivity contribution in [2.45, 2.75) is 26.6 Å². The van der Waals surface area contributed by atoms with Crippen LogP contribution in [0.25, 0.3) is 76.5 Å². The lowest BCUT2D eigenvalue weighted by Gasteiger charge is -2.23. The van der Waals surface area contributed by atoms with Gasteiger partial charge in [-0.2, -0.15) is 0 Å². The zero-order chi connectivity index (χ0) is 30.7. The largest absolute Gasteiger partial charge is 0.0776 e. The van der Waals surface area contributed by atoms with E-state index in [9.17, 15) is 0 Å². The molecule has 0 heterocycles. The van der Waals surface area contributed by atoms with Crippen molar-refractivity contribution in [3.05, 3.63) is 151 Å². The summed E-state index contributed by atoms with van der Waals surface area (Å²) in [5.41, 5.74) is 9.02. The molecule has 216 valence electrons. The first-order valence-corrected chi connectivity index (χ1v) is 19.4. The molecule has 0 aliphatic carbocycles. The molecule has 0 saturated carbocycles. The Kier molecular flexibility index (Phi) is 6.48. The fourth-order valence-corrected chi connectivity index (χ4v) is 8.31. The molecule has 0 fully saturated rings. The van der Waals surface area contributed by atoms with Crippen molar-refractivity contribution in [2.75, 3.05) is 0 Å². The van der Waals surface area contributed by atoms with Gasteiger partial charge in [-0.25, -0.2) is 0 Å². The minimum absolute atomic E-state index is 1.25. The van der Waals surface area contributed by atoms with Crippen LogP contribution in [0.3, 0.4) is 0 Å². The van der Waals surface area contributed by atoms with E-state index in [4.69, 9.17) is 0 Å². The van der Waals surface area contributed by atoms with Gasteiger partial charge in [-0.15, -0.1) is 0 Å². The van der Waals surface area contributed by atoms with Gasteiger partial charge >= 0.3 is 0 Å². The molecule has 8 rings (SSSR count). The molecule has 0 N–H and O–H groups in total. The molecule has 0 bridgehead atoms. The molecule has 0 spiro atoms. The van der Waals surface area contributed by atoms with E-state index in [0.29, 0.717) is 0 Å². The summed E-state index contributed by atoms with van der Waals surface area (Å²) in [6.45, 7) is 9.55. The lowest BCUT2D eigenvalue weighted by atomic mass is 9.84. The van der Waals surface area contributed by atoms with Crippen LogP contribution in [0.15, 0.2) is 146 Å². The molecule has 8 aromatic carbocycles. The van der Waals surface area contributed by atoms with Crippen LogP contribution < -0.4 is 5.19 Å². The summed E-state index contributed by atoms with van der Waals surface area (Å²) < 4.78 is 0.